The Morgan fingerprint density at radius 1 is 1.04 bits per heavy atom. The second-order valence-corrected chi connectivity index (χ2v) is 5.28. The van der Waals surface area contributed by atoms with Crippen molar-refractivity contribution >= 4 is 0 Å². The molecule has 1 aromatic heterocycles. The number of methoxy groups -OCH3 is 2. The second kappa shape index (κ2) is 6.66. The average molecular weight is 328 g/mol. The van der Waals surface area contributed by atoms with Gasteiger partial charge in [-0.3, -0.25) is 0 Å². The molecule has 3 rings (SSSR count). The standard InChI is InChI=1S/C17H17FN4O2/c1-11-8-15(23-2)16(24-3)9-13(11)10-22-20-17(19-21-22)12-4-6-14(18)7-5-12/h4-9H,10H2,1-3H3. The Bertz CT molecular complexity index is 846. The number of benzene rings is 2. The van der Waals surface area contributed by atoms with Gasteiger partial charge in [0, 0.05) is 5.56 Å². The van der Waals surface area contributed by atoms with Gasteiger partial charge in [-0.1, -0.05) is 0 Å². The van der Waals surface area contributed by atoms with Gasteiger partial charge in [-0.05, 0) is 59.7 Å². The van der Waals surface area contributed by atoms with Crippen LogP contribution in [0.15, 0.2) is 36.4 Å². The minimum absolute atomic E-state index is 0.299. The molecule has 0 spiro atoms. The molecular weight excluding hydrogens is 311 g/mol. The van der Waals surface area contributed by atoms with Gasteiger partial charge in [0.15, 0.2) is 11.5 Å². The highest BCUT2D eigenvalue weighted by molar-refractivity contribution is 5.53. The van der Waals surface area contributed by atoms with Crippen molar-refractivity contribution in [1.82, 2.24) is 20.2 Å². The van der Waals surface area contributed by atoms with Crippen LogP contribution in [0.25, 0.3) is 11.4 Å². The highest BCUT2D eigenvalue weighted by atomic mass is 19.1. The van der Waals surface area contributed by atoms with E-state index in [-0.39, 0.29) is 5.82 Å². The molecule has 24 heavy (non-hydrogen) atoms. The van der Waals surface area contributed by atoms with Gasteiger partial charge in [0.05, 0.1) is 20.8 Å². The largest absolute Gasteiger partial charge is 0.493 e. The van der Waals surface area contributed by atoms with Crippen LogP contribution in [-0.2, 0) is 6.54 Å². The van der Waals surface area contributed by atoms with Gasteiger partial charge >= 0.3 is 0 Å². The van der Waals surface area contributed by atoms with Crippen molar-refractivity contribution in [3.8, 4) is 22.9 Å². The van der Waals surface area contributed by atoms with Crippen LogP contribution < -0.4 is 9.47 Å². The molecule has 1 heterocycles. The van der Waals surface area contributed by atoms with Crippen molar-refractivity contribution in [2.75, 3.05) is 14.2 Å². The molecule has 0 saturated heterocycles. The lowest BCUT2D eigenvalue weighted by molar-refractivity contribution is 0.354. The van der Waals surface area contributed by atoms with E-state index in [1.54, 1.807) is 26.4 Å². The predicted molar refractivity (Wildman–Crippen MR) is 86.6 cm³/mol. The van der Waals surface area contributed by atoms with Gasteiger partial charge in [-0.2, -0.15) is 4.80 Å². The molecule has 0 aliphatic heterocycles. The van der Waals surface area contributed by atoms with E-state index in [4.69, 9.17) is 9.47 Å². The minimum Gasteiger partial charge on any atom is -0.493 e. The molecule has 3 aromatic rings. The number of hydrogen-bond acceptors (Lipinski definition) is 5. The lowest BCUT2D eigenvalue weighted by Crippen LogP contribution is -2.06. The molecular formula is C17H17FN4O2. The summed E-state index contributed by atoms with van der Waals surface area (Å²) in [6.45, 7) is 2.43. The van der Waals surface area contributed by atoms with Crippen molar-refractivity contribution in [2.45, 2.75) is 13.5 Å². The third kappa shape index (κ3) is 3.19. The Morgan fingerprint density at radius 2 is 1.71 bits per heavy atom. The summed E-state index contributed by atoms with van der Waals surface area (Å²) in [6, 6.07) is 9.79. The third-order valence-electron chi connectivity index (χ3n) is 3.71. The average Bonchev–Trinajstić information content (AvgIpc) is 3.05. The molecule has 7 heteroatoms. The van der Waals surface area contributed by atoms with Crippen LogP contribution in [0, 0.1) is 12.7 Å². The zero-order chi connectivity index (χ0) is 17.1. The zero-order valence-corrected chi connectivity index (χ0v) is 13.7. The minimum atomic E-state index is -0.299. The van der Waals surface area contributed by atoms with Crippen LogP contribution in [0.3, 0.4) is 0 Å². The summed E-state index contributed by atoms with van der Waals surface area (Å²) in [7, 11) is 3.20. The molecule has 6 nitrogen and oxygen atoms in total. The van der Waals surface area contributed by atoms with E-state index in [0.717, 1.165) is 11.1 Å². The molecule has 0 fully saturated rings. The second-order valence-electron chi connectivity index (χ2n) is 5.28. The molecule has 0 atom stereocenters. The van der Waals surface area contributed by atoms with Gasteiger partial charge in [0.25, 0.3) is 0 Å². The van der Waals surface area contributed by atoms with Crippen molar-refractivity contribution in [3.63, 3.8) is 0 Å². The number of ether oxygens (including phenoxy) is 2. The molecule has 124 valence electrons. The molecule has 0 aliphatic carbocycles. The molecule has 0 aliphatic rings. The van der Waals surface area contributed by atoms with Gasteiger partial charge in [0.1, 0.15) is 5.82 Å². The Hall–Kier alpha value is -2.96. The van der Waals surface area contributed by atoms with Crippen molar-refractivity contribution in [2.24, 2.45) is 0 Å². The van der Waals surface area contributed by atoms with Crippen LogP contribution >= 0.6 is 0 Å². The van der Waals surface area contributed by atoms with Crippen LogP contribution in [0.1, 0.15) is 11.1 Å². The zero-order valence-electron chi connectivity index (χ0n) is 13.7. The van der Waals surface area contributed by atoms with Crippen LogP contribution in [-0.4, -0.2) is 34.4 Å². The highest BCUT2D eigenvalue weighted by Gasteiger charge is 2.11. The van der Waals surface area contributed by atoms with E-state index in [9.17, 15) is 4.39 Å². The molecule has 0 amide bonds. The number of aromatic nitrogens is 4. The monoisotopic (exact) mass is 328 g/mol. The topological polar surface area (TPSA) is 62.1 Å². The van der Waals surface area contributed by atoms with E-state index in [1.165, 1.54) is 16.9 Å². The fraction of sp³-hybridized carbons (Fsp3) is 0.235. The Labute approximate surface area is 138 Å². The van der Waals surface area contributed by atoms with Gasteiger partial charge in [0.2, 0.25) is 5.82 Å². The lowest BCUT2D eigenvalue weighted by Gasteiger charge is -2.12. The van der Waals surface area contributed by atoms with Gasteiger partial charge in [-0.15, -0.1) is 10.2 Å². The van der Waals surface area contributed by atoms with Crippen molar-refractivity contribution in [3.05, 3.63) is 53.3 Å². The number of aryl methyl sites for hydroxylation is 1. The van der Waals surface area contributed by atoms with Crippen LogP contribution in [0.2, 0.25) is 0 Å². The fourth-order valence-corrected chi connectivity index (χ4v) is 2.37. The quantitative estimate of drug-likeness (QED) is 0.721. The summed E-state index contributed by atoms with van der Waals surface area (Å²) in [6.07, 6.45) is 0. The summed E-state index contributed by atoms with van der Waals surface area (Å²) in [5, 5.41) is 12.4. The Balaban J connectivity index is 1.86. The summed E-state index contributed by atoms with van der Waals surface area (Å²) in [5.41, 5.74) is 2.75. The molecule has 0 bridgehead atoms. The van der Waals surface area contributed by atoms with Crippen LogP contribution in [0.4, 0.5) is 4.39 Å². The SMILES string of the molecule is COc1cc(C)c(Cn2nnc(-c3ccc(F)cc3)n2)cc1OC. The Morgan fingerprint density at radius 3 is 2.38 bits per heavy atom. The van der Waals surface area contributed by atoms with E-state index in [1.807, 2.05) is 19.1 Å². The number of hydrogen-bond donors (Lipinski definition) is 0. The maximum Gasteiger partial charge on any atom is 0.204 e. The first kappa shape index (κ1) is 15.9. The maximum absolute atomic E-state index is 13.0. The maximum atomic E-state index is 13.0. The third-order valence-corrected chi connectivity index (χ3v) is 3.71. The summed E-state index contributed by atoms with van der Waals surface area (Å²) in [4.78, 5) is 1.49. The highest BCUT2D eigenvalue weighted by Crippen LogP contribution is 2.30. The first-order valence-corrected chi connectivity index (χ1v) is 7.36. The van der Waals surface area contributed by atoms with Crippen LogP contribution in [0.5, 0.6) is 11.5 Å². The molecule has 2 aromatic carbocycles. The van der Waals surface area contributed by atoms with E-state index < -0.39 is 0 Å². The first-order chi connectivity index (χ1) is 11.6. The van der Waals surface area contributed by atoms with E-state index >= 15 is 0 Å². The fourth-order valence-electron chi connectivity index (χ4n) is 2.37. The van der Waals surface area contributed by atoms with Gasteiger partial charge < -0.3 is 9.47 Å². The first-order valence-electron chi connectivity index (χ1n) is 7.36. The lowest BCUT2D eigenvalue weighted by atomic mass is 10.1. The predicted octanol–water partition coefficient (Wildman–Crippen LogP) is 2.85. The number of halogens is 1. The number of tetrazole rings is 1. The van der Waals surface area contributed by atoms with E-state index in [0.29, 0.717) is 29.4 Å². The van der Waals surface area contributed by atoms with Crippen molar-refractivity contribution < 1.29 is 13.9 Å². The summed E-state index contributed by atoms with van der Waals surface area (Å²) in [5.74, 6) is 1.48. The molecule has 0 saturated carbocycles. The number of rotatable bonds is 5. The van der Waals surface area contributed by atoms with E-state index in [2.05, 4.69) is 15.4 Å². The number of nitrogens with zero attached hydrogens (tertiary/aromatic N) is 4. The van der Waals surface area contributed by atoms with Crippen molar-refractivity contribution in [1.29, 1.82) is 0 Å². The molecule has 0 N–H and O–H groups in total. The molecule has 0 unspecified atom stereocenters. The summed E-state index contributed by atoms with van der Waals surface area (Å²) >= 11 is 0. The van der Waals surface area contributed by atoms with Gasteiger partial charge in [-0.25, -0.2) is 4.39 Å². The smallest absolute Gasteiger partial charge is 0.204 e. The summed E-state index contributed by atoms with van der Waals surface area (Å²) < 4.78 is 23.6. The normalized spacial score (nSPS) is 10.7. The Kier molecular flexibility index (Phi) is 4.41. The molecule has 0 radical (unpaired) electrons.